The molecule has 0 unspecified atom stereocenters. The van der Waals surface area contributed by atoms with E-state index in [1.54, 1.807) is 42.5 Å². The molecule has 0 saturated carbocycles. The Labute approximate surface area is 280 Å². The Balaban J connectivity index is 1.38. The first kappa shape index (κ1) is 12.5. The first-order chi connectivity index (χ1) is 29.3. The van der Waals surface area contributed by atoms with Crippen LogP contribution in [0.15, 0.2) is 157 Å². The summed E-state index contributed by atoms with van der Waals surface area (Å²) in [5.41, 5.74) is 1.02. The average molecular weight is 573 g/mol. The van der Waals surface area contributed by atoms with Crippen LogP contribution in [-0.2, 0) is 0 Å². The molecule has 0 radical (unpaired) electrons. The number of rotatable bonds is 3. The van der Waals surface area contributed by atoms with Crippen molar-refractivity contribution in [2.24, 2.45) is 0 Å². The summed E-state index contributed by atoms with van der Waals surface area (Å²) in [6, 6.07) is 4.35. The molecular formula is C44H26. The van der Waals surface area contributed by atoms with Gasteiger partial charge in [0.25, 0.3) is 0 Å². The van der Waals surface area contributed by atoms with E-state index in [1.165, 1.54) is 6.07 Å². The van der Waals surface area contributed by atoms with Crippen LogP contribution in [0.5, 0.6) is 0 Å². The molecule has 0 spiro atoms. The standard InChI is InChI=1S/C44H26/c1-2-6-27(7-3-1)36-24-39(37-20-32-16-12-28-8-4-9-29-13-17-33(21-37)43(32)41(28)29)26-40(25-36)38-22-34-18-14-30-10-5-11-31-15-19-35(23-38)44(34)42(30)31/h1-26H/i4D,5D,8D,9D,10D,11D,12D,13D,14D,15D,16D,17D,18D,19D,20D,21D,22D,23D. The van der Waals surface area contributed by atoms with E-state index in [2.05, 4.69) is 0 Å². The number of hydrogen-bond donors (Lipinski definition) is 0. The van der Waals surface area contributed by atoms with Gasteiger partial charge in [0.1, 0.15) is 0 Å². The van der Waals surface area contributed by atoms with Crippen LogP contribution in [0.2, 0.25) is 0 Å². The van der Waals surface area contributed by atoms with Gasteiger partial charge in [-0.05, 0) is 140 Å². The molecule has 0 fully saturated rings. The van der Waals surface area contributed by atoms with Crippen molar-refractivity contribution in [3.8, 4) is 33.4 Å². The van der Waals surface area contributed by atoms with Crippen molar-refractivity contribution in [3.63, 3.8) is 0 Å². The van der Waals surface area contributed by atoms with E-state index in [9.17, 15) is 5.48 Å². The lowest BCUT2D eigenvalue weighted by Gasteiger charge is -2.16. The van der Waals surface area contributed by atoms with Gasteiger partial charge in [-0.25, -0.2) is 0 Å². The zero-order valence-corrected chi connectivity index (χ0v) is 22.6. The quantitative estimate of drug-likeness (QED) is 0.185. The SMILES string of the molecule is [2H]c1c([2H])c2c([2H])c([2H])c3c([2H])c(-c4cc(-c5ccccc5)cc(-c5c([2H])c6c([2H])c([2H])c7c([2H])c([2H])c([2H])c8c([2H])c([2H])c(c5[2H])c6c78)c4)c([2H])c4c([2H])c([2H])c(c1[2H])c2c34. The molecule has 0 N–H and O–H groups in total. The first-order valence-corrected chi connectivity index (χ1v) is 13.9. The maximum atomic E-state index is 9.63. The van der Waals surface area contributed by atoms with Gasteiger partial charge in [0.15, 0.2) is 0 Å². The third-order valence-electron chi connectivity index (χ3n) is 8.12. The van der Waals surface area contributed by atoms with E-state index in [0.29, 0.717) is 11.1 Å². The normalized spacial score (nSPS) is 17.8. The third kappa shape index (κ3) is 3.46. The van der Waals surface area contributed by atoms with Gasteiger partial charge in [-0.2, -0.15) is 0 Å². The lowest BCUT2D eigenvalue weighted by Crippen LogP contribution is -1.89. The topological polar surface area (TPSA) is 0 Å². The summed E-state index contributed by atoms with van der Waals surface area (Å²) in [6.45, 7) is 0. The van der Waals surface area contributed by atoms with Crippen molar-refractivity contribution < 1.29 is 24.7 Å². The molecule has 0 saturated heterocycles. The van der Waals surface area contributed by atoms with Gasteiger partial charge in [-0.1, -0.05) is 115 Å². The Kier molecular flexibility index (Phi) is 2.52. The van der Waals surface area contributed by atoms with Crippen LogP contribution in [0.25, 0.3) is 98.0 Å². The zero-order valence-electron chi connectivity index (χ0n) is 40.6. The van der Waals surface area contributed by atoms with Crippen LogP contribution in [-0.4, -0.2) is 0 Å². The van der Waals surface area contributed by atoms with Crippen molar-refractivity contribution >= 4 is 64.6 Å². The molecule has 10 aromatic rings. The average Bonchev–Trinajstić information content (AvgIpc) is 3.24. The molecule has 0 amide bonds. The minimum absolute atomic E-state index is 0.0290. The largest absolute Gasteiger partial charge is 0.0636 e. The Morgan fingerprint density at radius 3 is 1.00 bits per heavy atom. The highest BCUT2D eigenvalue weighted by Gasteiger charge is 2.14. The number of benzene rings is 10. The molecule has 0 aliphatic heterocycles. The van der Waals surface area contributed by atoms with Crippen molar-refractivity contribution in [1.82, 2.24) is 0 Å². The predicted octanol–water partition coefficient (Wildman–Crippen LogP) is 12.5. The van der Waals surface area contributed by atoms with Gasteiger partial charge in [0.05, 0.1) is 24.7 Å². The van der Waals surface area contributed by atoms with Crippen LogP contribution in [0.4, 0.5) is 0 Å². The maximum Gasteiger partial charge on any atom is 0.0636 e. The first-order valence-electron chi connectivity index (χ1n) is 22.9. The van der Waals surface area contributed by atoms with Crippen LogP contribution < -0.4 is 0 Å². The summed E-state index contributed by atoms with van der Waals surface area (Å²) in [5, 5.41) is -1.67. The smallest absolute Gasteiger partial charge is 0.0622 e. The summed E-state index contributed by atoms with van der Waals surface area (Å²) in [7, 11) is 0. The van der Waals surface area contributed by atoms with Crippen molar-refractivity contribution in [1.29, 1.82) is 0 Å². The van der Waals surface area contributed by atoms with E-state index >= 15 is 0 Å². The van der Waals surface area contributed by atoms with Gasteiger partial charge in [-0.3, -0.25) is 0 Å². The molecule has 10 rings (SSSR count). The fraction of sp³-hybridized carbons (Fsp3) is 0. The minimum Gasteiger partial charge on any atom is -0.0622 e. The summed E-state index contributed by atoms with van der Waals surface area (Å²) >= 11 is 0. The van der Waals surface area contributed by atoms with Gasteiger partial charge < -0.3 is 0 Å². The van der Waals surface area contributed by atoms with E-state index in [0.717, 1.165) is 0 Å². The minimum atomic E-state index is -0.591. The second kappa shape index (κ2) is 8.89. The van der Waals surface area contributed by atoms with Gasteiger partial charge in [0.2, 0.25) is 0 Å². The molecular weight excluding hydrogens is 528 g/mol. The van der Waals surface area contributed by atoms with E-state index in [1.807, 2.05) is 0 Å². The van der Waals surface area contributed by atoms with Crippen molar-refractivity contribution in [3.05, 3.63) is 157 Å². The lowest BCUT2D eigenvalue weighted by atomic mass is 9.88. The van der Waals surface area contributed by atoms with Gasteiger partial charge >= 0.3 is 0 Å². The summed E-state index contributed by atoms with van der Waals surface area (Å²) in [6.07, 6.45) is 0. The molecule has 202 valence electrons. The molecule has 0 atom stereocenters. The molecule has 0 heteroatoms. The highest BCUT2D eigenvalue weighted by Crippen LogP contribution is 2.41. The van der Waals surface area contributed by atoms with Crippen LogP contribution in [0.3, 0.4) is 0 Å². The molecule has 10 aromatic carbocycles. The maximum absolute atomic E-state index is 9.63. The molecule has 44 heavy (non-hydrogen) atoms. The highest BCUT2D eigenvalue weighted by atomic mass is 14.2. The molecule has 0 aliphatic carbocycles. The van der Waals surface area contributed by atoms with Crippen molar-refractivity contribution in [2.45, 2.75) is 0 Å². The van der Waals surface area contributed by atoms with Gasteiger partial charge in [0, 0.05) is 0 Å². The molecule has 0 aliphatic rings. The van der Waals surface area contributed by atoms with Crippen LogP contribution in [0.1, 0.15) is 24.7 Å². The molecule has 0 heterocycles. The summed E-state index contributed by atoms with van der Waals surface area (Å²) in [5.74, 6) is 0. The third-order valence-corrected chi connectivity index (χ3v) is 8.12. The van der Waals surface area contributed by atoms with Crippen molar-refractivity contribution in [2.75, 3.05) is 0 Å². The molecule has 0 bridgehead atoms. The van der Waals surface area contributed by atoms with Gasteiger partial charge in [-0.15, -0.1) is 0 Å². The summed E-state index contributed by atoms with van der Waals surface area (Å²) in [4.78, 5) is 0. The van der Waals surface area contributed by atoms with Crippen LogP contribution >= 0.6 is 0 Å². The van der Waals surface area contributed by atoms with E-state index in [4.69, 9.17) is 19.2 Å². The van der Waals surface area contributed by atoms with E-state index in [-0.39, 0.29) is 86.9 Å². The number of hydrogen-bond acceptors (Lipinski definition) is 0. The fourth-order valence-electron chi connectivity index (χ4n) is 6.13. The summed E-state index contributed by atoms with van der Waals surface area (Å²) < 4.78 is 162. The Bertz CT molecular complexity index is 3310. The van der Waals surface area contributed by atoms with E-state index < -0.39 is 109 Å². The fourth-order valence-corrected chi connectivity index (χ4v) is 6.13. The second-order valence-corrected chi connectivity index (χ2v) is 10.7. The lowest BCUT2D eigenvalue weighted by molar-refractivity contribution is 1.59. The zero-order chi connectivity index (χ0) is 44.4. The van der Waals surface area contributed by atoms with Crippen LogP contribution in [0, 0.1) is 0 Å². The monoisotopic (exact) mass is 572 g/mol. The second-order valence-electron chi connectivity index (χ2n) is 10.7. The highest BCUT2D eigenvalue weighted by molar-refractivity contribution is 6.25. The molecule has 0 aromatic heterocycles. The Hall–Kier alpha value is -5.72. The predicted molar refractivity (Wildman–Crippen MR) is 190 cm³/mol. The Morgan fingerprint density at radius 1 is 0.295 bits per heavy atom. The Morgan fingerprint density at radius 2 is 0.614 bits per heavy atom. The molecule has 0 nitrogen and oxygen atoms in total.